The smallest absolute Gasteiger partial charge is 0.119 e. The largest absolute Gasteiger partial charge is 0.497 e. The third-order valence-electron chi connectivity index (χ3n) is 2.84. The number of pyridine rings is 1. The number of nitrogens with zero attached hydrogens (tertiary/aromatic N) is 1. The molecule has 1 aromatic carbocycles. The molecule has 0 spiro atoms. The highest BCUT2D eigenvalue weighted by atomic mass is 16.5. The number of rotatable bonds is 4. The standard InChI is InChI=1S/C15H18N2O/c1-11-9-14(18-3)7-8-15(11)16-10-13-6-4-5-12(2)17-13/h4-9,16H,10H2,1-3H3. The molecular weight excluding hydrogens is 224 g/mol. The maximum Gasteiger partial charge on any atom is 0.119 e. The molecule has 0 saturated heterocycles. The predicted octanol–water partition coefficient (Wildman–Crippen LogP) is 3.32. The van der Waals surface area contributed by atoms with Crippen LogP contribution in [-0.2, 0) is 6.54 Å². The van der Waals surface area contributed by atoms with Gasteiger partial charge in [-0.05, 0) is 49.7 Å². The van der Waals surface area contributed by atoms with Crippen LogP contribution in [0, 0.1) is 13.8 Å². The first-order chi connectivity index (χ1) is 8.69. The number of hydrogen-bond acceptors (Lipinski definition) is 3. The predicted molar refractivity (Wildman–Crippen MR) is 74.0 cm³/mol. The van der Waals surface area contributed by atoms with E-state index in [-0.39, 0.29) is 0 Å². The number of aromatic nitrogens is 1. The Labute approximate surface area is 108 Å². The molecule has 0 saturated carbocycles. The molecule has 0 radical (unpaired) electrons. The zero-order valence-electron chi connectivity index (χ0n) is 11.0. The molecule has 0 aliphatic heterocycles. The molecule has 0 bridgehead atoms. The van der Waals surface area contributed by atoms with Gasteiger partial charge in [0, 0.05) is 11.4 Å². The van der Waals surface area contributed by atoms with E-state index in [1.165, 1.54) is 5.56 Å². The Morgan fingerprint density at radius 1 is 1.17 bits per heavy atom. The average Bonchev–Trinajstić information content (AvgIpc) is 2.37. The van der Waals surface area contributed by atoms with Crippen molar-refractivity contribution in [2.75, 3.05) is 12.4 Å². The molecule has 0 unspecified atom stereocenters. The molecule has 1 aromatic heterocycles. The van der Waals surface area contributed by atoms with Crippen molar-refractivity contribution < 1.29 is 4.74 Å². The molecule has 2 aromatic rings. The first kappa shape index (κ1) is 12.4. The van der Waals surface area contributed by atoms with Crippen molar-refractivity contribution in [2.24, 2.45) is 0 Å². The van der Waals surface area contributed by atoms with Crippen molar-refractivity contribution in [1.29, 1.82) is 0 Å². The number of ether oxygens (including phenoxy) is 1. The zero-order valence-corrected chi connectivity index (χ0v) is 11.0. The van der Waals surface area contributed by atoms with Gasteiger partial charge in [0.1, 0.15) is 5.75 Å². The van der Waals surface area contributed by atoms with Gasteiger partial charge in [0.25, 0.3) is 0 Å². The monoisotopic (exact) mass is 242 g/mol. The Hall–Kier alpha value is -2.03. The van der Waals surface area contributed by atoms with Crippen LogP contribution in [-0.4, -0.2) is 12.1 Å². The molecule has 0 aliphatic carbocycles. The van der Waals surface area contributed by atoms with Crippen LogP contribution >= 0.6 is 0 Å². The lowest BCUT2D eigenvalue weighted by Gasteiger charge is -2.10. The van der Waals surface area contributed by atoms with Crippen molar-refractivity contribution in [2.45, 2.75) is 20.4 Å². The van der Waals surface area contributed by atoms with Gasteiger partial charge in [-0.25, -0.2) is 0 Å². The van der Waals surface area contributed by atoms with Gasteiger partial charge in [0.15, 0.2) is 0 Å². The average molecular weight is 242 g/mol. The summed E-state index contributed by atoms with van der Waals surface area (Å²) in [6.45, 7) is 4.80. The SMILES string of the molecule is COc1ccc(NCc2cccc(C)n2)c(C)c1. The van der Waals surface area contributed by atoms with Crippen LogP contribution in [0.4, 0.5) is 5.69 Å². The van der Waals surface area contributed by atoms with Gasteiger partial charge < -0.3 is 10.1 Å². The first-order valence-corrected chi connectivity index (χ1v) is 6.00. The normalized spacial score (nSPS) is 10.2. The minimum atomic E-state index is 0.731. The highest BCUT2D eigenvalue weighted by Crippen LogP contribution is 2.21. The lowest BCUT2D eigenvalue weighted by Crippen LogP contribution is -2.03. The van der Waals surface area contributed by atoms with E-state index in [1.54, 1.807) is 7.11 Å². The molecule has 18 heavy (non-hydrogen) atoms. The van der Waals surface area contributed by atoms with Crippen molar-refractivity contribution in [3.8, 4) is 5.75 Å². The zero-order chi connectivity index (χ0) is 13.0. The van der Waals surface area contributed by atoms with Crippen molar-refractivity contribution in [3.63, 3.8) is 0 Å². The van der Waals surface area contributed by atoms with Crippen LogP contribution < -0.4 is 10.1 Å². The Bertz CT molecular complexity index is 538. The van der Waals surface area contributed by atoms with Gasteiger partial charge in [-0.3, -0.25) is 4.98 Å². The summed E-state index contributed by atoms with van der Waals surface area (Å²) in [5, 5.41) is 3.39. The fraction of sp³-hybridized carbons (Fsp3) is 0.267. The lowest BCUT2D eigenvalue weighted by molar-refractivity contribution is 0.414. The summed E-state index contributed by atoms with van der Waals surface area (Å²) < 4.78 is 5.19. The Kier molecular flexibility index (Phi) is 3.82. The second-order valence-electron chi connectivity index (χ2n) is 4.30. The van der Waals surface area contributed by atoms with Crippen molar-refractivity contribution >= 4 is 5.69 Å². The Morgan fingerprint density at radius 2 is 2.00 bits per heavy atom. The van der Waals surface area contributed by atoms with Crippen LogP contribution in [0.15, 0.2) is 36.4 Å². The summed E-state index contributed by atoms with van der Waals surface area (Å²) >= 11 is 0. The van der Waals surface area contributed by atoms with E-state index >= 15 is 0 Å². The van der Waals surface area contributed by atoms with Crippen molar-refractivity contribution in [1.82, 2.24) is 4.98 Å². The summed E-state index contributed by atoms with van der Waals surface area (Å²) in [5.41, 5.74) is 4.37. The Balaban J connectivity index is 2.06. The maximum atomic E-state index is 5.19. The molecule has 0 fully saturated rings. The summed E-state index contributed by atoms with van der Waals surface area (Å²) in [5.74, 6) is 0.881. The van der Waals surface area contributed by atoms with Gasteiger partial charge >= 0.3 is 0 Å². The molecule has 3 nitrogen and oxygen atoms in total. The molecule has 3 heteroatoms. The molecule has 0 atom stereocenters. The van der Waals surface area contributed by atoms with E-state index < -0.39 is 0 Å². The van der Waals surface area contributed by atoms with Crippen LogP contribution in [0.2, 0.25) is 0 Å². The molecule has 2 rings (SSSR count). The fourth-order valence-electron chi connectivity index (χ4n) is 1.85. The summed E-state index contributed by atoms with van der Waals surface area (Å²) in [6.07, 6.45) is 0. The number of hydrogen-bond donors (Lipinski definition) is 1. The van der Waals surface area contributed by atoms with E-state index in [1.807, 2.05) is 43.3 Å². The van der Waals surface area contributed by atoms with Crippen LogP contribution in [0.3, 0.4) is 0 Å². The van der Waals surface area contributed by atoms with Gasteiger partial charge in [0.2, 0.25) is 0 Å². The quantitative estimate of drug-likeness (QED) is 0.893. The number of anilines is 1. The van der Waals surface area contributed by atoms with Crippen LogP contribution in [0.1, 0.15) is 17.0 Å². The van der Waals surface area contributed by atoms with E-state index in [0.29, 0.717) is 0 Å². The number of aryl methyl sites for hydroxylation is 2. The van der Waals surface area contributed by atoms with E-state index in [9.17, 15) is 0 Å². The highest BCUT2D eigenvalue weighted by Gasteiger charge is 2.01. The molecular formula is C15H18N2O. The van der Waals surface area contributed by atoms with Gasteiger partial charge in [-0.15, -0.1) is 0 Å². The first-order valence-electron chi connectivity index (χ1n) is 6.00. The molecule has 0 amide bonds. The van der Waals surface area contributed by atoms with Gasteiger partial charge in [-0.2, -0.15) is 0 Å². The molecule has 1 heterocycles. The lowest BCUT2D eigenvalue weighted by atomic mass is 10.2. The minimum Gasteiger partial charge on any atom is -0.497 e. The van der Waals surface area contributed by atoms with Crippen LogP contribution in [0.5, 0.6) is 5.75 Å². The fourth-order valence-corrected chi connectivity index (χ4v) is 1.85. The third kappa shape index (κ3) is 3.00. The number of nitrogens with one attached hydrogen (secondary N) is 1. The topological polar surface area (TPSA) is 34.1 Å². The molecule has 0 aliphatic rings. The summed E-state index contributed by atoms with van der Waals surface area (Å²) in [4.78, 5) is 4.46. The van der Waals surface area contributed by atoms with Gasteiger partial charge in [-0.1, -0.05) is 6.07 Å². The second kappa shape index (κ2) is 5.54. The number of benzene rings is 1. The summed E-state index contributed by atoms with van der Waals surface area (Å²) in [6, 6.07) is 12.1. The maximum absolute atomic E-state index is 5.19. The van der Waals surface area contributed by atoms with Crippen LogP contribution in [0.25, 0.3) is 0 Å². The summed E-state index contributed by atoms with van der Waals surface area (Å²) in [7, 11) is 1.68. The highest BCUT2D eigenvalue weighted by molar-refractivity contribution is 5.53. The minimum absolute atomic E-state index is 0.731. The van der Waals surface area contributed by atoms with E-state index in [2.05, 4.69) is 17.2 Å². The second-order valence-corrected chi connectivity index (χ2v) is 4.30. The van der Waals surface area contributed by atoms with Gasteiger partial charge in [0.05, 0.1) is 19.3 Å². The Morgan fingerprint density at radius 3 is 2.67 bits per heavy atom. The molecule has 1 N–H and O–H groups in total. The van der Waals surface area contributed by atoms with Crippen molar-refractivity contribution in [3.05, 3.63) is 53.3 Å². The van der Waals surface area contributed by atoms with E-state index in [4.69, 9.17) is 4.74 Å². The van der Waals surface area contributed by atoms with E-state index in [0.717, 1.165) is 29.4 Å². The number of methoxy groups -OCH3 is 1. The third-order valence-corrected chi connectivity index (χ3v) is 2.84. The molecule has 94 valence electrons.